The maximum absolute atomic E-state index is 12.4. The van der Waals surface area contributed by atoms with E-state index in [0.717, 1.165) is 11.1 Å². The van der Waals surface area contributed by atoms with Crippen molar-refractivity contribution in [1.29, 1.82) is 0 Å². The number of carbonyl (C=O) groups excluding carboxylic acids is 1. The minimum absolute atomic E-state index is 0.0313. The zero-order valence-corrected chi connectivity index (χ0v) is 15.2. The molecule has 2 rings (SSSR count). The largest absolute Gasteiger partial charge is 0.495 e. The summed E-state index contributed by atoms with van der Waals surface area (Å²) >= 11 is 6.24. The molecule has 0 spiro atoms. The van der Waals surface area contributed by atoms with Crippen LogP contribution in [0.2, 0.25) is 5.02 Å². The Bertz CT molecular complexity index is 718. The van der Waals surface area contributed by atoms with Crippen LogP contribution in [0.1, 0.15) is 24.1 Å². The number of anilines is 1. The summed E-state index contributed by atoms with van der Waals surface area (Å²) in [5, 5.41) is 3.62. The number of methoxy groups -OCH3 is 1. The molecule has 0 radical (unpaired) electrons. The Morgan fingerprint density at radius 3 is 2.67 bits per heavy atom. The second-order valence-corrected chi connectivity index (χ2v) is 6.27. The third-order valence-corrected chi connectivity index (χ3v) is 4.38. The minimum Gasteiger partial charge on any atom is -0.495 e. The minimum atomic E-state index is -0.0969. The summed E-state index contributed by atoms with van der Waals surface area (Å²) in [6.45, 7) is 4.26. The molecular formula is C19H23ClN2O2. The number of ether oxygens (including phenoxy) is 1. The van der Waals surface area contributed by atoms with E-state index in [2.05, 4.69) is 5.32 Å². The molecule has 2 aromatic carbocycles. The molecular weight excluding hydrogens is 324 g/mol. The van der Waals surface area contributed by atoms with Gasteiger partial charge in [0.25, 0.3) is 0 Å². The van der Waals surface area contributed by atoms with E-state index in [1.54, 1.807) is 7.11 Å². The van der Waals surface area contributed by atoms with Crippen molar-refractivity contribution in [3.05, 3.63) is 58.6 Å². The lowest BCUT2D eigenvalue weighted by atomic mass is 10.1. The quantitative estimate of drug-likeness (QED) is 0.848. The smallest absolute Gasteiger partial charge is 0.238 e. The van der Waals surface area contributed by atoms with Crippen molar-refractivity contribution in [3.8, 4) is 5.75 Å². The molecule has 0 aromatic heterocycles. The highest BCUT2D eigenvalue weighted by Crippen LogP contribution is 2.27. The lowest BCUT2D eigenvalue weighted by Crippen LogP contribution is -2.32. The number of rotatable bonds is 6. The van der Waals surface area contributed by atoms with Crippen LogP contribution in [0.5, 0.6) is 5.75 Å². The Kier molecular flexibility index (Phi) is 6.23. The average molecular weight is 347 g/mol. The SMILES string of the molecule is COc1ccc(C)cc1NC(=O)CN(C)C(C)c1ccccc1Cl. The van der Waals surface area contributed by atoms with E-state index in [4.69, 9.17) is 16.3 Å². The van der Waals surface area contributed by atoms with Gasteiger partial charge < -0.3 is 10.1 Å². The van der Waals surface area contributed by atoms with Gasteiger partial charge in [0.05, 0.1) is 19.3 Å². The molecule has 0 saturated carbocycles. The number of benzene rings is 2. The molecule has 0 fully saturated rings. The van der Waals surface area contributed by atoms with E-state index in [-0.39, 0.29) is 18.5 Å². The molecule has 0 heterocycles. The lowest BCUT2D eigenvalue weighted by molar-refractivity contribution is -0.117. The normalized spacial score (nSPS) is 12.1. The Hall–Kier alpha value is -2.04. The fraction of sp³-hybridized carbons (Fsp3) is 0.316. The van der Waals surface area contributed by atoms with Crippen LogP contribution in [0.25, 0.3) is 0 Å². The van der Waals surface area contributed by atoms with Gasteiger partial charge in [0.1, 0.15) is 5.75 Å². The van der Waals surface area contributed by atoms with Gasteiger partial charge >= 0.3 is 0 Å². The summed E-state index contributed by atoms with van der Waals surface area (Å²) < 4.78 is 5.29. The molecule has 2 aromatic rings. The highest BCUT2D eigenvalue weighted by atomic mass is 35.5. The Morgan fingerprint density at radius 1 is 1.29 bits per heavy atom. The molecule has 1 amide bonds. The first-order valence-electron chi connectivity index (χ1n) is 7.81. The highest BCUT2D eigenvalue weighted by molar-refractivity contribution is 6.31. The van der Waals surface area contributed by atoms with Gasteiger partial charge in [-0.05, 0) is 50.2 Å². The van der Waals surface area contributed by atoms with Crippen LogP contribution in [-0.4, -0.2) is 31.5 Å². The molecule has 0 saturated heterocycles. The molecule has 1 atom stereocenters. The molecule has 5 heteroatoms. The Labute approximate surface area is 148 Å². The van der Waals surface area contributed by atoms with Gasteiger partial charge in [-0.3, -0.25) is 9.69 Å². The monoisotopic (exact) mass is 346 g/mol. The van der Waals surface area contributed by atoms with E-state index >= 15 is 0 Å². The number of halogens is 1. The van der Waals surface area contributed by atoms with Crippen molar-refractivity contribution in [1.82, 2.24) is 4.90 Å². The Morgan fingerprint density at radius 2 is 2.00 bits per heavy atom. The molecule has 0 aliphatic heterocycles. The zero-order valence-electron chi connectivity index (χ0n) is 14.5. The number of hydrogen-bond donors (Lipinski definition) is 1. The van der Waals surface area contributed by atoms with Crippen LogP contribution >= 0.6 is 11.6 Å². The fourth-order valence-corrected chi connectivity index (χ4v) is 2.82. The van der Waals surface area contributed by atoms with E-state index in [0.29, 0.717) is 16.5 Å². The number of aryl methyl sites for hydroxylation is 1. The number of nitrogens with zero attached hydrogens (tertiary/aromatic N) is 1. The van der Waals surface area contributed by atoms with Gasteiger partial charge in [0.2, 0.25) is 5.91 Å². The van der Waals surface area contributed by atoms with Crippen LogP contribution in [0, 0.1) is 6.92 Å². The summed E-state index contributed by atoms with van der Waals surface area (Å²) in [6, 6.07) is 13.4. The molecule has 4 nitrogen and oxygen atoms in total. The second-order valence-electron chi connectivity index (χ2n) is 5.86. The maximum atomic E-state index is 12.4. The predicted octanol–water partition coefficient (Wildman–Crippen LogP) is 4.29. The van der Waals surface area contributed by atoms with E-state index in [1.807, 2.05) is 68.3 Å². The van der Waals surface area contributed by atoms with E-state index < -0.39 is 0 Å². The third kappa shape index (κ3) is 4.49. The van der Waals surface area contributed by atoms with Crippen LogP contribution < -0.4 is 10.1 Å². The number of carbonyl (C=O) groups is 1. The first kappa shape index (κ1) is 18.3. The van der Waals surface area contributed by atoms with Gasteiger partial charge in [-0.15, -0.1) is 0 Å². The lowest BCUT2D eigenvalue weighted by Gasteiger charge is -2.25. The summed E-state index contributed by atoms with van der Waals surface area (Å²) in [5.41, 5.74) is 2.74. The van der Waals surface area contributed by atoms with Gasteiger partial charge in [-0.2, -0.15) is 0 Å². The topological polar surface area (TPSA) is 41.6 Å². The van der Waals surface area contributed by atoms with Gasteiger partial charge in [0.15, 0.2) is 0 Å². The molecule has 0 aliphatic carbocycles. The van der Waals surface area contributed by atoms with Crippen molar-refractivity contribution in [2.45, 2.75) is 19.9 Å². The molecule has 0 aliphatic rings. The van der Waals surface area contributed by atoms with E-state index in [9.17, 15) is 4.79 Å². The van der Waals surface area contributed by atoms with Crippen molar-refractivity contribution < 1.29 is 9.53 Å². The molecule has 1 N–H and O–H groups in total. The molecule has 24 heavy (non-hydrogen) atoms. The maximum Gasteiger partial charge on any atom is 0.238 e. The summed E-state index contributed by atoms with van der Waals surface area (Å²) in [4.78, 5) is 14.3. The van der Waals surface area contributed by atoms with Crippen molar-refractivity contribution in [2.75, 3.05) is 26.0 Å². The molecule has 0 bridgehead atoms. The first-order valence-corrected chi connectivity index (χ1v) is 8.19. The van der Waals surface area contributed by atoms with E-state index in [1.165, 1.54) is 0 Å². The number of likely N-dealkylation sites (N-methyl/N-ethyl adjacent to an activating group) is 1. The van der Waals surface area contributed by atoms with Gasteiger partial charge in [-0.1, -0.05) is 35.9 Å². The highest BCUT2D eigenvalue weighted by Gasteiger charge is 2.17. The van der Waals surface area contributed by atoms with Crippen LogP contribution in [-0.2, 0) is 4.79 Å². The van der Waals surface area contributed by atoms with Crippen LogP contribution in [0.3, 0.4) is 0 Å². The Balaban J connectivity index is 2.04. The summed E-state index contributed by atoms with van der Waals surface area (Å²) in [7, 11) is 3.49. The average Bonchev–Trinajstić information content (AvgIpc) is 2.54. The number of nitrogens with one attached hydrogen (secondary N) is 1. The number of amides is 1. The predicted molar refractivity (Wildman–Crippen MR) is 98.9 cm³/mol. The number of hydrogen-bond acceptors (Lipinski definition) is 3. The summed E-state index contributed by atoms with van der Waals surface area (Å²) in [6.07, 6.45) is 0. The van der Waals surface area contributed by atoms with Crippen molar-refractivity contribution in [2.24, 2.45) is 0 Å². The first-order chi connectivity index (χ1) is 11.4. The second kappa shape index (κ2) is 8.18. The van der Waals surface area contributed by atoms with Gasteiger partial charge in [0, 0.05) is 11.1 Å². The van der Waals surface area contributed by atoms with Gasteiger partial charge in [-0.25, -0.2) is 0 Å². The van der Waals surface area contributed by atoms with Crippen molar-refractivity contribution in [3.63, 3.8) is 0 Å². The molecule has 1 unspecified atom stereocenters. The fourth-order valence-electron chi connectivity index (χ4n) is 2.52. The third-order valence-electron chi connectivity index (χ3n) is 4.04. The van der Waals surface area contributed by atoms with Crippen LogP contribution in [0.15, 0.2) is 42.5 Å². The van der Waals surface area contributed by atoms with Crippen molar-refractivity contribution >= 4 is 23.2 Å². The summed E-state index contributed by atoms with van der Waals surface area (Å²) in [5.74, 6) is 0.552. The molecule has 128 valence electrons. The standard InChI is InChI=1S/C19H23ClN2O2/c1-13-9-10-18(24-4)17(11-13)21-19(23)12-22(3)14(2)15-7-5-6-8-16(15)20/h5-11,14H,12H2,1-4H3,(H,21,23). The van der Waals surface area contributed by atoms with Crippen LogP contribution in [0.4, 0.5) is 5.69 Å². The zero-order chi connectivity index (χ0) is 17.7.